The monoisotopic (exact) mass is 345 g/mol. The zero-order chi connectivity index (χ0) is 16.9. The number of halogens is 2. The summed E-state index contributed by atoms with van der Waals surface area (Å²) in [6, 6.07) is 13.0. The minimum absolute atomic E-state index is 0.0900. The van der Waals surface area contributed by atoms with Crippen molar-refractivity contribution in [1.29, 1.82) is 0 Å². The zero-order valence-electron chi connectivity index (χ0n) is 12.5. The largest absolute Gasteiger partial charge is 0.421 e. The Morgan fingerprint density at radius 2 is 1.96 bits per heavy atom. The molecule has 0 bridgehead atoms. The average molecular weight is 346 g/mol. The summed E-state index contributed by atoms with van der Waals surface area (Å²) in [5.74, 6) is -0.152. The molecule has 122 valence electrons. The average Bonchev–Trinajstić information content (AvgIpc) is 3.06. The number of carbonyl (C=O) groups is 1. The summed E-state index contributed by atoms with van der Waals surface area (Å²) >= 11 is 5.89. The first-order chi connectivity index (χ1) is 11.6. The van der Waals surface area contributed by atoms with Crippen molar-refractivity contribution in [2.24, 2.45) is 0 Å². The molecule has 0 saturated carbocycles. The summed E-state index contributed by atoms with van der Waals surface area (Å²) < 4.78 is 18.7. The van der Waals surface area contributed by atoms with E-state index in [1.807, 2.05) is 30.3 Å². The maximum absolute atomic E-state index is 13.2. The molecule has 3 aromatic rings. The number of nitrogens with zero attached hydrogens (tertiary/aromatic N) is 2. The van der Waals surface area contributed by atoms with Crippen molar-refractivity contribution in [2.75, 3.05) is 6.54 Å². The Hall–Kier alpha value is -2.73. The number of rotatable bonds is 5. The summed E-state index contributed by atoms with van der Waals surface area (Å²) in [5, 5.41) is 10.7. The molecule has 0 atom stereocenters. The molecule has 1 heterocycles. The molecular weight excluding hydrogens is 333 g/mol. The van der Waals surface area contributed by atoms with Gasteiger partial charge < -0.3 is 9.73 Å². The fraction of sp³-hybridized carbons (Fsp3) is 0.118. The fourth-order valence-electron chi connectivity index (χ4n) is 2.10. The van der Waals surface area contributed by atoms with Gasteiger partial charge in [-0.1, -0.05) is 29.8 Å². The normalized spacial score (nSPS) is 10.6. The van der Waals surface area contributed by atoms with Crippen molar-refractivity contribution in [3.63, 3.8) is 0 Å². The summed E-state index contributed by atoms with van der Waals surface area (Å²) in [4.78, 5) is 12.0. The van der Waals surface area contributed by atoms with Gasteiger partial charge in [-0.25, -0.2) is 4.39 Å². The number of hydrogen-bond donors (Lipinski definition) is 1. The lowest BCUT2D eigenvalue weighted by molar-refractivity contribution is 0.0953. The molecule has 1 N–H and O–H groups in total. The van der Waals surface area contributed by atoms with Gasteiger partial charge in [0.25, 0.3) is 5.91 Å². The van der Waals surface area contributed by atoms with E-state index in [9.17, 15) is 9.18 Å². The number of amides is 1. The molecule has 0 radical (unpaired) electrons. The molecule has 0 aliphatic rings. The summed E-state index contributed by atoms with van der Waals surface area (Å²) in [6.45, 7) is 0.266. The van der Waals surface area contributed by atoms with Crippen LogP contribution in [0.1, 0.15) is 16.2 Å². The van der Waals surface area contributed by atoms with E-state index in [2.05, 4.69) is 15.5 Å². The summed E-state index contributed by atoms with van der Waals surface area (Å²) in [5.41, 5.74) is 0.916. The van der Waals surface area contributed by atoms with E-state index >= 15 is 0 Å². The first kappa shape index (κ1) is 16.1. The first-order valence-electron chi connectivity index (χ1n) is 7.24. The van der Waals surface area contributed by atoms with Gasteiger partial charge in [0, 0.05) is 18.5 Å². The third-order valence-electron chi connectivity index (χ3n) is 3.29. The van der Waals surface area contributed by atoms with Crippen LogP contribution in [0.3, 0.4) is 0 Å². The molecule has 1 aromatic heterocycles. The Bertz CT molecular complexity index is 852. The molecule has 0 spiro atoms. The second kappa shape index (κ2) is 7.23. The molecule has 24 heavy (non-hydrogen) atoms. The lowest BCUT2D eigenvalue weighted by Gasteiger charge is -2.05. The number of aromatic nitrogens is 2. The van der Waals surface area contributed by atoms with Gasteiger partial charge in [0.1, 0.15) is 5.82 Å². The van der Waals surface area contributed by atoms with Gasteiger partial charge in [-0.15, -0.1) is 10.2 Å². The Kier molecular flexibility index (Phi) is 4.86. The van der Waals surface area contributed by atoms with Crippen molar-refractivity contribution in [3.05, 3.63) is 70.8 Å². The highest BCUT2D eigenvalue weighted by molar-refractivity contribution is 6.33. The van der Waals surface area contributed by atoms with Crippen LogP contribution in [0, 0.1) is 5.82 Å². The van der Waals surface area contributed by atoms with Crippen molar-refractivity contribution >= 4 is 17.5 Å². The van der Waals surface area contributed by atoms with Gasteiger partial charge in [0.2, 0.25) is 11.8 Å². The molecule has 0 unspecified atom stereocenters. The number of nitrogens with one attached hydrogen (secondary N) is 1. The van der Waals surface area contributed by atoms with E-state index in [1.54, 1.807) is 0 Å². The molecule has 5 nitrogen and oxygen atoms in total. The minimum Gasteiger partial charge on any atom is -0.421 e. The highest BCUT2D eigenvalue weighted by Gasteiger charge is 2.12. The van der Waals surface area contributed by atoms with E-state index in [1.165, 1.54) is 12.1 Å². The maximum atomic E-state index is 13.2. The Balaban J connectivity index is 1.58. The van der Waals surface area contributed by atoms with Gasteiger partial charge in [-0.2, -0.15) is 0 Å². The van der Waals surface area contributed by atoms with Crippen molar-refractivity contribution in [3.8, 4) is 11.5 Å². The predicted molar refractivity (Wildman–Crippen MR) is 87.2 cm³/mol. The lowest BCUT2D eigenvalue weighted by atomic mass is 10.2. The second-order valence-corrected chi connectivity index (χ2v) is 5.40. The first-order valence-corrected chi connectivity index (χ1v) is 7.62. The van der Waals surface area contributed by atoms with Crippen LogP contribution in [0.5, 0.6) is 0 Å². The van der Waals surface area contributed by atoms with Crippen LogP contribution >= 0.6 is 11.6 Å². The fourth-order valence-corrected chi connectivity index (χ4v) is 2.31. The smallest absolute Gasteiger partial charge is 0.252 e. The SMILES string of the molecule is O=C(NCCc1nnc(-c2ccccc2)o1)c1cc(F)ccc1Cl. The van der Waals surface area contributed by atoms with Gasteiger partial charge in [-0.3, -0.25) is 4.79 Å². The molecule has 0 saturated heterocycles. The summed E-state index contributed by atoms with van der Waals surface area (Å²) in [6.07, 6.45) is 0.360. The zero-order valence-corrected chi connectivity index (χ0v) is 13.3. The number of carbonyl (C=O) groups excluding carboxylic acids is 1. The second-order valence-electron chi connectivity index (χ2n) is 5.00. The van der Waals surface area contributed by atoms with Crippen LogP contribution in [0.15, 0.2) is 52.9 Å². The van der Waals surface area contributed by atoms with Crippen LogP contribution < -0.4 is 5.32 Å². The Labute approximate surface area is 142 Å². The van der Waals surface area contributed by atoms with Crippen molar-refractivity contribution in [1.82, 2.24) is 15.5 Å². The third kappa shape index (κ3) is 3.78. The van der Waals surface area contributed by atoms with Crippen LogP contribution in [-0.2, 0) is 6.42 Å². The quantitative estimate of drug-likeness (QED) is 0.768. The maximum Gasteiger partial charge on any atom is 0.252 e. The molecule has 7 heteroatoms. The summed E-state index contributed by atoms with van der Waals surface area (Å²) in [7, 11) is 0. The molecule has 0 aliphatic carbocycles. The van der Waals surface area contributed by atoms with E-state index in [0.29, 0.717) is 18.2 Å². The highest BCUT2D eigenvalue weighted by atomic mass is 35.5. The molecule has 1 amide bonds. The van der Waals surface area contributed by atoms with E-state index in [0.717, 1.165) is 11.6 Å². The number of benzene rings is 2. The van der Waals surface area contributed by atoms with Crippen molar-refractivity contribution < 1.29 is 13.6 Å². The van der Waals surface area contributed by atoms with Crippen LogP contribution in [0.4, 0.5) is 4.39 Å². The van der Waals surface area contributed by atoms with Crippen LogP contribution in [0.25, 0.3) is 11.5 Å². The van der Waals surface area contributed by atoms with E-state index in [-0.39, 0.29) is 17.1 Å². The lowest BCUT2D eigenvalue weighted by Crippen LogP contribution is -2.26. The molecule has 0 aliphatic heterocycles. The van der Waals surface area contributed by atoms with Gasteiger partial charge in [0.15, 0.2) is 0 Å². The van der Waals surface area contributed by atoms with E-state index in [4.69, 9.17) is 16.0 Å². The molecular formula is C17H13ClFN3O2. The van der Waals surface area contributed by atoms with E-state index < -0.39 is 11.7 Å². The van der Waals surface area contributed by atoms with Gasteiger partial charge in [0.05, 0.1) is 10.6 Å². The molecule has 0 fully saturated rings. The standard InChI is InChI=1S/C17H13ClFN3O2/c18-14-7-6-12(19)10-13(14)16(23)20-9-8-15-21-22-17(24-15)11-4-2-1-3-5-11/h1-7,10H,8-9H2,(H,20,23). The highest BCUT2D eigenvalue weighted by Crippen LogP contribution is 2.18. The Morgan fingerprint density at radius 3 is 2.75 bits per heavy atom. The molecule has 2 aromatic carbocycles. The van der Waals surface area contributed by atoms with Gasteiger partial charge in [-0.05, 0) is 30.3 Å². The Morgan fingerprint density at radius 1 is 1.17 bits per heavy atom. The van der Waals surface area contributed by atoms with Crippen molar-refractivity contribution in [2.45, 2.75) is 6.42 Å². The third-order valence-corrected chi connectivity index (χ3v) is 3.61. The van der Waals surface area contributed by atoms with Gasteiger partial charge >= 0.3 is 0 Å². The molecule has 3 rings (SSSR count). The topological polar surface area (TPSA) is 68.0 Å². The number of hydrogen-bond acceptors (Lipinski definition) is 4. The predicted octanol–water partition coefficient (Wildman–Crippen LogP) is 3.50. The van der Waals surface area contributed by atoms with Crippen LogP contribution in [-0.4, -0.2) is 22.6 Å². The minimum atomic E-state index is -0.519. The van der Waals surface area contributed by atoms with Crippen LogP contribution in [0.2, 0.25) is 5.02 Å².